The molecule has 2 heterocycles. The van der Waals surface area contributed by atoms with Crippen LogP contribution in [0.2, 0.25) is 0 Å². The summed E-state index contributed by atoms with van der Waals surface area (Å²) < 4.78 is 11.6. The van der Waals surface area contributed by atoms with E-state index in [1.807, 2.05) is 29.2 Å². The SMILES string of the molecule is CCCCCCN(CCNCCc1ccc(O)c2c1OCC(=O)N2)C(=O)CCOCCc1ccc(O)c(C2(c3ccccc3)CCN(C)CC2)c1. The zero-order valence-corrected chi connectivity index (χ0v) is 30.4. The van der Waals surface area contributed by atoms with Crippen molar-refractivity contribution >= 4 is 17.5 Å². The lowest BCUT2D eigenvalue weighted by atomic mass is 9.67. The molecule has 0 radical (unpaired) electrons. The average molecular weight is 701 g/mol. The highest BCUT2D eigenvalue weighted by atomic mass is 16.5. The number of unbranched alkanes of at least 4 members (excludes halogenated alkanes) is 3. The van der Waals surface area contributed by atoms with E-state index in [0.29, 0.717) is 69.3 Å². The van der Waals surface area contributed by atoms with Gasteiger partial charge in [-0.2, -0.15) is 0 Å². The van der Waals surface area contributed by atoms with Crippen molar-refractivity contribution in [1.29, 1.82) is 0 Å². The molecule has 0 spiro atoms. The van der Waals surface area contributed by atoms with Gasteiger partial charge in [-0.1, -0.05) is 74.7 Å². The van der Waals surface area contributed by atoms with Crippen molar-refractivity contribution in [2.24, 2.45) is 0 Å². The van der Waals surface area contributed by atoms with Crippen molar-refractivity contribution in [3.05, 3.63) is 82.9 Å². The van der Waals surface area contributed by atoms with Crippen LogP contribution in [0.5, 0.6) is 17.2 Å². The van der Waals surface area contributed by atoms with Crippen LogP contribution in [-0.2, 0) is 32.6 Å². The molecule has 3 aromatic rings. The number of phenolic OH excluding ortho intramolecular Hbond substituents is 2. The number of nitrogens with zero attached hydrogens (tertiary/aromatic N) is 2. The van der Waals surface area contributed by atoms with Gasteiger partial charge in [-0.3, -0.25) is 9.59 Å². The Hall–Kier alpha value is -4.12. The summed E-state index contributed by atoms with van der Waals surface area (Å²) >= 11 is 0. The van der Waals surface area contributed by atoms with E-state index in [1.165, 1.54) is 5.56 Å². The first-order chi connectivity index (χ1) is 24.8. The van der Waals surface area contributed by atoms with Gasteiger partial charge in [-0.15, -0.1) is 0 Å². The lowest BCUT2D eigenvalue weighted by Gasteiger charge is -2.42. The highest BCUT2D eigenvalue weighted by Crippen LogP contribution is 2.45. The first-order valence-corrected chi connectivity index (χ1v) is 18.7. The van der Waals surface area contributed by atoms with E-state index in [0.717, 1.165) is 74.8 Å². The van der Waals surface area contributed by atoms with E-state index in [-0.39, 0.29) is 29.6 Å². The van der Waals surface area contributed by atoms with E-state index in [4.69, 9.17) is 9.47 Å². The van der Waals surface area contributed by atoms with Crippen LogP contribution < -0.4 is 15.4 Å². The number of nitrogens with one attached hydrogen (secondary N) is 2. The molecule has 10 heteroatoms. The van der Waals surface area contributed by atoms with Crippen molar-refractivity contribution in [1.82, 2.24) is 15.1 Å². The fourth-order valence-electron chi connectivity index (χ4n) is 7.27. The van der Waals surface area contributed by atoms with Gasteiger partial charge in [0.2, 0.25) is 5.91 Å². The summed E-state index contributed by atoms with van der Waals surface area (Å²) in [5.74, 6) is 0.668. The number of ether oxygens (including phenoxy) is 2. The number of rotatable bonds is 19. The van der Waals surface area contributed by atoms with Crippen molar-refractivity contribution in [2.45, 2.75) is 70.1 Å². The molecule has 0 atom stereocenters. The summed E-state index contributed by atoms with van der Waals surface area (Å²) in [7, 11) is 2.16. The maximum Gasteiger partial charge on any atom is 0.262 e. The van der Waals surface area contributed by atoms with Crippen molar-refractivity contribution in [3.63, 3.8) is 0 Å². The van der Waals surface area contributed by atoms with Crippen LogP contribution in [0.25, 0.3) is 0 Å². The number of likely N-dealkylation sites (tertiary alicyclic amines) is 1. The molecule has 5 rings (SSSR count). The smallest absolute Gasteiger partial charge is 0.262 e. The summed E-state index contributed by atoms with van der Waals surface area (Å²) in [6.07, 6.45) is 7.98. The second-order valence-corrected chi connectivity index (χ2v) is 13.9. The number of benzene rings is 3. The van der Waals surface area contributed by atoms with Gasteiger partial charge in [-0.05, 0) is 87.6 Å². The first kappa shape index (κ1) is 38.1. The van der Waals surface area contributed by atoms with Gasteiger partial charge in [-0.25, -0.2) is 0 Å². The molecule has 0 saturated carbocycles. The van der Waals surface area contributed by atoms with E-state index >= 15 is 0 Å². The van der Waals surface area contributed by atoms with Gasteiger partial charge in [0.25, 0.3) is 5.91 Å². The molecule has 4 N–H and O–H groups in total. The third-order valence-corrected chi connectivity index (χ3v) is 10.3. The lowest BCUT2D eigenvalue weighted by Crippen LogP contribution is -2.41. The molecule has 51 heavy (non-hydrogen) atoms. The minimum absolute atomic E-state index is 0.00905. The topological polar surface area (TPSA) is 124 Å². The summed E-state index contributed by atoms with van der Waals surface area (Å²) in [4.78, 5) is 29.3. The molecule has 0 aliphatic carbocycles. The number of carbonyl (C=O) groups is 2. The van der Waals surface area contributed by atoms with Crippen molar-refractivity contribution in [2.75, 3.05) is 71.5 Å². The van der Waals surface area contributed by atoms with Crippen LogP contribution in [0, 0.1) is 0 Å². The van der Waals surface area contributed by atoms with Gasteiger partial charge in [0.05, 0.1) is 19.6 Å². The maximum atomic E-state index is 13.3. The van der Waals surface area contributed by atoms with Crippen LogP contribution in [0.3, 0.4) is 0 Å². The zero-order valence-electron chi connectivity index (χ0n) is 30.4. The van der Waals surface area contributed by atoms with E-state index in [9.17, 15) is 19.8 Å². The first-order valence-electron chi connectivity index (χ1n) is 18.7. The fraction of sp³-hybridized carbons (Fsp3) is 0.512. The van der Waals surface area contributed by atoms with E-state index < -0.39 is 0 Å². The molecule has 1 saturated heterocycles. The highest BCUT2D eigenvalue weighted by Gasteiger charge is 2.39. The Morgan fingerprint density at radius 2 is 1.75 bits per heavy atom. The Labute approximate surface area is 303 Å². The predicted octanol–water partition coefficient (Wildman–Crippen LogP) is 5.63. The molecular formula is C41H56N4O6. The van der Waals surface area contributed by atoms with Crippen LogP contribution in [-0.4, -0.2) is 98.0 Å². The lowest BCUT2D eigenvalue weighted by molar-refractivity contribution is -0.132. The average Bonchev–Trinajstić information content (AvgIpc) is 3.14. The maximum absolute atomic E-state index is 13.3. The highest BCUT2D eigenvalue weighted by molar-refractivity contribution is 5.97. The molecule has 10 nitrogen and oxygen atoms in total. The molecule has 0 aromatic heterocycles. The van der Waals surface area contributed by atoms with Crippen molar-refractivity contribution < 1.29 is 29.3 Å². The molecule has 0 bridgehead atoms. The predicted molar refractivity (Wildman–Crippen MR) is 201 cm³/mol. The molecule has 2 aliphatic rings. The molecule has 3 aromatic carbocycles. The van der Waals surface area contributed by atoms with Gasteiger partial charge in [0, 0.05) is 30.6 Å². The standard InChI is InChI=1S/C41H56N4O6/c1-3-4-5-9-23-45(26-22-42-21-16-32-13-15-36(47)39-40(32)51-30-37(48)43-39)38(49)18-28-50-27-17-31-12-14-35(46)34(29-31)41(19-24-44(2)25-20-41)33-10-7-6-8-11-33/h6-8,10-15,29,42,46-47H,3-5,9,16-28,30H2,1-2H3,(H,43,48). The Bertz CT molecular complexity index is 1570. The number of fused-ring (bicyclic) bond motifs is 1. The number of anilines is 1. The number of carbonyl (C=O) groups excluding carboxylic acids is 2. The van der Waals surface area contributed by atoms with Crippen LogP contribution in [0.15, 0.2) is 60.7 Å². The number of piperidine rings is 1. The fourth-order valence-corrected chi connectivity index (χ4v) is 7.27. The Morgan fingerprint density at radius 3 is 2.53 bits per heavy atom. The van der Waals surface area contributed by atoms with Crippen LogP contribution >= 0.6 is 0 Å². The van der Waals surface area contributed by atoms with Crippen molar-refractivity contribution in [3.8, 4) is 17.2 Å². The molecule has 1 fully saturated rings. The van der Waals surface area contributed by atoms with Crippen LogP contribution in [0.4, 0.5) is 5.69 Å². The second kappa shape index (κ2) is 18.9. The summed E-state index contributed by atoms with van der Waals surface area (Å²) in [6, 6.07) is 19.9. The van der Waals surface area contributed by atoms with Gasteiger partial charge in [0.1, 0.15) is 17.2 Å². The molecule has 0 unspecified atom stereocenters. The van der Waals surface area contributed by atoms with E-state index in [1.54, 1.807) is 6.07 Å². The normalized spacial score (nSPS) is 15.5. The zero-order chi connectivity index (χ0) is 36.1. The Kier molecular flexibility index (Phi) is 14.1. The molecule has 2 aliphatic heterocycles. The third kappa shape index (κ3) is 10.2. The molecule has 2 amide bonds. The number of aromatic hydroxyl groups is 2. The number of amides is 2. The minimum Gasteiger partial charge on any atom is -0.508 e. The minimum atomic E-state index is -0.284. The quantitative estimate of drug-likeness (QED) is 0.0938. The number of hydrogen-bond acceptors (Lipinski definition) is 8. The monoisotopic (exact) mass is 700 g/mol. The van der Waals surface area contributed by atoms with E-state index in [2.05, 4.69) is 59.8 Å². The second-order valence-electron chi connectivity index (χ2n) is 13.9. The number of hydrogen-bond donors (Lipinski definition) is 4. The summed E-state index contributed by atoms with van der Waals surface area (Å²) in [5, 5.41) is 27.3. The summed E-state index contributed by atoms with van der Waals surface area (Å²) in [5.41, 5.74) is 4.36. The Morgan fingerprint density at radius 1 is 0.961 bits per heavy atom. The van der Waals surface area contributed by atoms with Gasteiger partial charge < -0.3 is 40.1 Å². The largest absolute Gasteiger partial charge is 0.508 e. The Balaban J connectivity index is 1.09. The van der Waals surface area contributed by atoms with Gasteiger partial charge >= 0.3 is 0 Å². The summed E-state index contributed by atoms with van der Waals surface area (Å²) in [6.45, 7) is 7.59. The van der Waals surface area contributed by atoms with Gasteiger partial charge in [0.15, 0.2) is 12.4 Å². The van der Waals surface area contributed by atoms with Crippen LogP contribution in [0.1, 0.15) is 74.1 Å². The molecule has 276 valence electrons. The number of phenols is 2. The molecular weight excluding hydrogens is 644 g/mol. The third-order valence-electron chi connectivity index (χ3n) is 10.3.